The first kappa shape index (κ1) is 14.4. The maximum Gasteiger partial charge on any atom is 0.239 e. The molecule has 2 aromatic rings. The zero-order valence-electron chi connectivity index (χ0n) is 11.1. The molecule has 0 aliphatic rings. The molecule has 2 N–H and O–H groups in total. The largest absolute Gasteiger partial charge is 0.376 e. The van der Waals surface area contributed by atoms with Gasteiger partial charge in [0, 0.05) is 17.3 Å². The quantitative estimate of drug-likeness (QED) is 0.857. The Morgan fingerprint density at radius 1 is 1.05 bits per heavy atom. The third kappa shape index (κ3) is 4.94. The molecule has 3 nitrogen and oxygen atoms in total. The van der Waals surface area contributed by atoms with Gasteiger partial charge < -0.3 is 10.6 Å². The molecule has 0 saturated heterocycles. The van der Waals surface area contributed by atoms with Crippen LogP contribution in [-0.2, 0) is 11.2 Å². The highest BCUT2D eigenvalue weighted by atomic mass is 35.5. The predicted octanol–water partition coefficient (Wildman–Crippen LogP) is 3.11. The number of benzene rings is 2. The van der Waals surface area contributed by atoms with Crippen molar-refractivity contribution in [1.29, 1.82) is 0 Å². The summed E-state index contributed by atoms with van der Waals surface area (Å²) in [4.78, 5) is 11.7. The third-order valence-corrected chi connectivity index (χ3v) is 3.09. The molecular formula is C16H17ClN2O. The van der Waals surface area contributed by atoms with E-state index in [1.165, 1.54) is 5.56 Å². The van der Waals surface area contributed by atoms with E-state index in [9.17, 15) is 4.79 Å². The predicted molar refractivity (Wildman–Crippen MR) is 83.1 cm³/mol. The van der Waals surface area contributed by atoms with Gasteiger partial charge in [0.05, 0.1) is 6.54 Å². The van der Waals surface area contributed by atoms with Crippen LogP contribution in [0.2, 0.25) is 5.02 Å². The van der Waals surface area contributed by atoms with Crippen LogP contribution in [0.25, 0.3) is 0 Å². The lowest BCUT2D eigenvalue weighted by Gasteiger charge is -2.08. The van der Waals surface area contributed by atoms with E-state index in [0.29, 0.717) is 11.6 Å². The fraction of sp³-hybridized carbons (Fsp3) is 0.188. The number of hydrogen-bond acceptors (Lipinski definition) is 2. The zero-order chi connectivity index (χ0) is 14.2. The van der Waals surface area contributed by atoms with E-state index in [1.54, 1.807) is 12.1 Å². The Balaban J connectivity index is 1.68. The van der Waals surface area contributed by atoms with Crippen molar-refractivity contribution in [3.8, 4) is 0 Å². The molecule has 0 heterocycles. The van der Waals surface area contributed by atoms with Gasteiger partial charge in [0.15, 0.2) is 0 Å². The minimum absolute atomic E-state index is 0.0269. The standard InChI is InChI=1S/C16H17ClN2O/c17-14-7-4-8-15(11-14)19-12-16(20)18-10-9-13-5-2-1-3-6-13/h1-8,11,19H,9-10,12H2,(H,18,20). The van der Waals surface area contributed by atoms with Crippen molar-refractivity contribution in [2.45, 2.75) is 6.42 Å². The van der Waals surface area contributed by atoms with Crippen LogP contribution in [0.5, 0.6) is 0 Å². The van der Waals surface area contributed by atoms with E-state index < -0.39 is 0 Å². The minimum Gasteiger partial charge on any atom is -0.376 e. The summed E-state index contributed by atoms with van der Waals surface area (Å²) in [6, 6.07) is 17.4. The van der Waals surface area contributed by atoms with Crippen molar-refractivity contribution >= 4 is 23.2 Å². The molecule has 20 heavy (non-hydrogen) atoms. The molecule has 0 unspecified atom stereocenters. The molecule has 0 fully saturated rings. The molecule has 0 aliphatic heterocycles. The van der Waals surface area contributed by atoms with E-state index in [4.69, 9.17) is 11.6 Å². The highest BCUT2D eigenvalue weighted by molar-refractivity contribution is 6.30. The molecule has 104 valence electrons. The van der Waals surface area contributed by atoms with Crippen LogP contribution in [0.1, 0.15) is 5.56 Å². The van der Waals surface area contributed by atoms with Gasteiger partial charge in [-0.2, -0.15) is 0 Å². The summed E-state index contributed by atoms with van der Waals surface area (Å²) >= 11 is 5.87. The summed E-state index contributed by atoms with van der Waals surface area (Å²) in [5.74, 6) is -0.0269. The zero-order valence-corrected chi connectivity index (χ0v) is 11.9. The first-order valence-electron chi connectivity index (χ1n) is 6.54. The van der Waals surface area contributed by atoms with E-state index in [1.807, 2.05) is 30.3 Å². The lowest BCUT2D eigenvalue weighted by molar-refractivity contribution is -0.119. The maximum absolute atomic E-state index is 11.7. The Labute approximate surface area is 124 Å². The summed E-state index contributed by atoms with van der Waals surface area (Å²) in [5.41, 5.74) is 2.06. The van der Waals surface area contributed by atoms with Crippen LogP contribution >= 0.6 is 11.6 Å². The summed E-state index contributed by atoms with van der Waals surface area (Å²) in [7, 11) is 0. The maximum atomic E-state index is 11.7. The number of amides is 1. The second-order valence-corrected chi connectivity index (χ2v) is 4.89. The number of carbonyl (C=O) groups is 1. The van der Waals surface area contributed by atoms with Crippen LogP contribution in [-0.4, -0.2) is 19.0 Å². The smallest absolute Gasteiger partial charge is 0.239 e. The molecule has 4 heteroatoms. The second kappa shape index (κ2) is 7.56. The Hall–Kier alpha value is -2.00. The number of carbonyl (C=O) groups excluding carboxylic acids is 1. The monoisotopic (exact) mass is 288 g/mol. The summed E-state index contributed by atoms with van der Waals surface area (Å²) in [6.07, 6.45) is 0.837. The fourth-order valence-corrected chi connectivity index (χ4v) is 2.02. The van der Waals surface area contributed by atoms with E-state index in [2.05, 4.69) is 22.8 Å². The van der Waals surface area contributed by atoms with Crippen molar-refractivity contribution < 1.29 is 4.79 Å². The van der Waals surface area contributed by atoms with Gasteiger partial charge in [0.1, 0.15) is 0 Å². The molecule has 2 rings (SSSR count). The molecule has 0 spiro atoms. The highest BCUT2D eigenvalue weighted by Crippen LogP contribution is 2.14. The van der Waals surface area contributed by atoms with Gasteiger partial charge >= 0.3 is 0 Å². The van der Waals surface area contributed by atoms with Crippen molar-refractivity contribution in [3.63, 3.8) is 0 Å². The van der Waals surface area contributed by atoms with Gasteiger partial charge in [-0.15, -0.1) is 0 Å². The average Bonchev–Trinajstić information content (AvgIpc) is 2.46. The normalized spacial score (nSPS) is 10.1. The summed E-state index contributed by atoms with van der Waals surface area (Å²) in [5, 5.41) is 6.57. The summed E-state index contributed by atoms with van der Waals surface area (Å²) < 4.78 is 0. The van der Waals surface area contributed by atoms with Crippen molar-refractivity contribution in [3.05, 3.63) is 65.2 Å². The molecule has 2 aromatic carbocycles. The SMILES string of the molecule is O=C(CNc1cccc(Cl)c1)NCCc1ccccc1. The Morgan fingerprint density at radius 3 is 2.60 bits per heavy atom. The average molecular weight is 289 g/mol. The Bertz CT molecular complexity index is 557. The van der Waals surface area contributed by atoms with Gasteiger partial charge in [-0.05, 0) is 30.2 Å². The Morgan fingerprint density at radius 2 is 1.85 bits per heavy atom. The van der Waals surface area contributed by atoms with E-state index >= 15 is 0 Å². The van der Waals surface area contributed by atoms with Crippen molar-refractivity contribution in [2.24, 2.45) is 0 Å². The van der Waals surface area contributed by atoms with E-state index in [0.717, 1.165) is 12.1 Å². The van der Waals surface area contributed by atoms with Gasteiger partial charge in [0.2, 0.25) is 5.91 Å². The van der Waals surface area contributed by atoms with Crippen LogP contribution in [0, 0.1) is 0 Å². The molecule has 0 aromatic heterocycles. The van der Waals surface area contributed by atoms with Crippen molar-refractivity contribution in [2.75, 3.05) is 18.4 Å². The molecule has 1 amide bonds. The second-order valence-electron chi connectivity index (χ2n) is 4.45. The highest BCUT2D eigenvalue weighted by Gasteiger charge is 2.01. The number of halogens is 1. The molecular weight excluding hydrogens is 272 g/mol. The number of nitrogens with one attached hydrogen (secondary N) is 2. The van der Waals surface area contributed by atoms with Crippen LogP contribution in [0.15, 0.2) is 54.6 Å². The molecule has 0 radical (unpaired) electrons. The molecule has 0 saturated carbocycles. The Kier molecular flexibility index (Phi) is 5.44. The van der Waals surface area contributed by atoms with E-state index in [-0.39, 0.29) is 12.5 Å². The fourth-order valence-electron chi connectivity index (χ4n) is 1.83. The lowest BCUT2D eigenvalue weighted by Crippen LogP contribution is -2.31. The van der Waals surface area contributed by atoms with Gasteiger partial charge in [-0.3, -0.25) is 4.79 Å². The topological polar surface area (TPSA) is 41.1 Å². The van der Waals surface area contributed by atoms with Crippen LogP contribution in [0.4, 0.5) is 5.69 Å². The molecule has 0 aliphatic carbocycles. The third-order valence-electron chi connectivity index (χ3n) is 2.86. The van der Waals surface area contributed by atoms with Crippen LogP contribution < -0.4 is 10.6 Å². The van der Waals surface area contributed by atoms with Crippen molar-refractivity contribution in [1.82, 2.24) is 5.32 Å². The molecule has 0 bridgehead atoms. The van der Waals surface area contributed by atoms with Gasteiger partial charge in [0.25, 0.3) is 0 Å². The number of rotatable bonds is 6. The first-order chi connectivity index (χ1) is 9.74. The summed E-state index contributed by atoms with van der Waals surface area (Å²) in [6.45, 7) is 0.884. The van der Waals surface area contributed by atoms with Gasteiger partial charge in [-0.25, -0.2) is 0 Å². The minimum atomic E-state index is -0.0269. The van der Waals surface area contributed by atoms with Gasteiger partial charge in [-0.1, -0.05) is 48.0 Å². The number of hydrogen-bond donors (Lipinski definition) is 2. The first-order valence-corrected chi connectivity index (χ1v) is 6.92. The number of anilines is 1. The van der Waals surface area contributed by atoms with Crippen LogP contribution in [0.3, 0.4) is 0 Å². The lowest BCUT2D eigenvalue weighted by atomic mass is 10.1. The molecule has 0 atom stereocenters.